The predicted octanol–water partition coefficient (Wildman–Crippen LogP) is 2.85. The lowest BCUT2D eigenvalue weighted by Gasteiger charge is -1.94. The zero-order chi connectivity index (χ0) is 14.8. The third-order valence-corrected chi connectivity index (χ3v) is 4.71. The zero-order valence-corrected chi connectivity index (χ0v) is 13.2. The molecule has 0 saturated carbocycles. The highest BCUT2D eigenvalue weighted by molar-refractivity contribution is 7.83. The monoisotopic (exact) mass is 323 g/mol. The van der Waals surface area contributed by atoms with Gasteiger partial charge in [0, 0.05) is 21.7 Å². The summed E-state index contributed by atoms with van der Waals surface area (Å²) in [5.74, 6) is 2.53. The van der Waals surface area contributed by atoms with Gasteiger partial charge < -0.3 is 8.94 Å². The van der Waals surface area contributed by atoms with Crippen molar-refractivity contribution in [2.45, 2.75) is 25.4 Å². The summed E-state index contributed by atoms with van der Waals surface area (Å²) in [4.78, 5) is 8.45. The van der Waals surface area contributed by atoms with E-state index in [1.807, 2.05) is 30.7 Å². The average molecular weight is 323 g/mol. The van der Waals surface area contributed by atoms with Crippen LogP contribution in [0.1, 0.15) is 23.2 Å². The van der Waals surface area contributed by atoms with Crippen molar-refractivity contribution >= 4 is 22.1 Å². The van der Waals surface area contributed by atoms with Gasteiger partial charge in [-0.05, 0) is 25.3 Å². The molecule has 3 rings (SSSR count). The predicted molar refractivity (Wildman–Crippen MR) is 79.1 cm³/mol. The van der Waals surface area contributed by atoms with Crippen molar-refractivity contribution in [1.29, 1.82) is 0 Å². The minimum Gasteiger partial charge on any atom is -0.445 e. The highest BCUT2D eigenvalue weighted by Crippen LogP contribution is 2.19. The molecule has 0 amide bonds. The molecule has 3 heterocycles. The van der Waals surface area contributed by atoms with Gasteiger partial charge in [-0.2, -0.15) is 16.3 Å². The molecule has 0 radical (unpaired) electrons. The van der Waals surface area contributed by atoms with Crippen molar-refractivity contribution in [3.63, 3.8) is 0 Å². The Morgan fingerprint density at radius 3 is 2.71 bits per heavy atom. The van der Waals surface area contributed by atoms with E-state index < -0.39 is 10.8 Å². The van der Waals surface area contributed by atoms with Crippen LogP contribution in [0.15, 0.2) is 25.8 Å². The number of aryl methyl sites for hydroxylation is 2. The number of hydrogen-bond acceptors (Lipinski definition) is 7. The topological polar surface area (TPSA) is 82.0 Å². The number of nitrogens with zero attached hydrogens (tertiary/aromatic N) is 3. The van der Waals surface area contributed by atoms with Gasteiger partial charge >= 0.3 is 0 Å². The van der Waals surface area contributed by atoms with Crippen molar-refractivity contribution in [2.24, 2.45) is 0 Å². The standard InChI is InChI=1S/C13H13N3O3S2/c1-8-9(2)18-11(14-8)6-21(17)7-12-15-13(16-19-12)10-3-4-20-5-10/h3-5H,6-7H2,1-2H3. The van der Waals surface area contributed by atoms with E-state index in [1.54, 1.807) is 11.3 Å². The molecule has 0 aromatic carbocycles. The van der Waals surface area contributed by atoms with Crippen molar-refractivity contribution < 1.29 is 13.1 Å². The van der Waals surface area contributed by atoms with E-state index in [9.17, 15) is 4.21 Å². The van der Waals surface area contributed by atoms with Crippen LogP contribution >= 0.6 is 11.3 Å². The first kappa shape index (κ1) is 14.2. The Balaban J connectivity index is 1.65. The molecule has 0 aliphatic rings. The maximum absolute atomic E-state index is 12.1. The molecule has 8 heteroatoms. The molecule has 21 heavy (non-hydrogen) atoms. The van der Waals surface area contributed by atoms with Gasteiger partial charge in [0.25, 0.3) is 0 Å². The van der Waals surface area contributed by atoms with Crippen LogP contribution in [0.25, 0.3) is 11.4 Å². The van der Waals surface area contributed by atoms with E-state index in [0.717, 1.165) is 17.0 Å². The summed E-state index contributed by atoms with van der Waals surface area (Å²) in [6.45, 7) is 3.69. The van der Waals surface area contributed by atoms with Crippen molar-refractivity contribution in [2.75, 3.05) is 0 Å². The van der Waals surface area contributed by atoms with Crippen LogP contribution < -0.4 is 0 Å². The summed E-state index contributed by atoms with van der Waals surface area (Å²) >= 11 is 1.56. The lowest BCUT2D eigenvalue weighted by atomic mass is 10.3. The quantitative estimate of drug-likeness (QED) is 0.718. The fourth-order valence-electron chi connectivity index (χ4n) is 1.75. The Morgan fingerprint density at radius 1 is 1.24 bits per heavy atom. The van der Waals surface area contributed by atoms with E-state index in [-0.39, 0.29) is 11.5 Å². The maximum Gasteiger partial charge on any atom is 0.239 e. The third-order valence-electron chi connectivity index (χ3n) is 2.89. The summed E-state index contributed by atoms with van der Waals surface area (Å²) in [7, 11) is -1.20. The number of thiophene rings is 1. The summed E-state index contributed by atoms with van der Waals surface area (Å²) in [6, 6.07) is 1.91. The van der Waals surface area contributed by atoms with Gasteiger partial charge in [0.1, 0.15) is 17.3 Å². The lowest BCUT2D eigenvalue weighted by Crippen LogP contribution is -2.00. The molecule has 0 spiro atoms. The Bertz CT molecular complexity index is 742. The van der Waals surface area contributed by atoms with Crippen LogP contribution in [0.4, 0.5) is 0 Å². The SMILES string of the molecule is Cc1nc(CS(=O)Cc2nc(-c3ccsc3)no2)oc1C. The Hall–Kier alpha value is -1.80. The number of aromatic nitrogens is 3. The molecule has 3 aromatic rings. The minimum atomic E-state index is -1.20. The highest BCUT2D eigenvalue weighted by Gasteiger charge is 2.15. The molecule has 0 N–H and O–H groups in total. The van der Waals surface area contributed by atoms with Gasteiger partial charge in [-0.1, -0.05) is 5.16 Å². The number of oxazole rings is 1. The van der Waals surface area contributed by atoms with Crippen molar-refractivity contribution in [1.82, 2.24) is 15.1 Å². The molecule has 6 nitrogen and oxygen atoms in total. The van der Waals surface area contributed by atoms with Gasteiger partial charge in [0.15, 0.2) is 0 Å². The molecule has 1 unspecified atom stereocenters. The Kier molecular flexibility index (Phi) is 3.98. The van der Waals surface area contributed by atoms with Crippen LogP contribution in [0.3, 0.4) is 0 Å². The lowest BCUT2D eigenvalue weighted by molar-refractivity contribution is 0.390. The first-order valence-electron chi connectivity index (χ1n) is 6.25. The molecule has 1 atom stereocenters. The van der Waals surface area contributed by atoms with Crippen LogP contribution in [-0.2, 0) is 22.3 Å². The molecule has 0 saturated heterocycles. The van der Waals surface area contributed by atoms with E-state index in [0.29, 0.717) is 17.6 Å². The van der Waals surface area contributed by atoms with Gasteiger partial charge in [0.05, 0.1) is 5.69 Å². The second kappa shape index (κ2) is 5.90. The summed E-state index contributed by atoms with van der Waals surface area (Å²) in [6.07, 6.45) is 0. The summed E-state index contributed by atoms with van der Waals surface area (Å²) in [5.41, 5.74) is 1.72. The smallest absolute Gasteiger partial charge is 0.239 e. The highest BCUT2D eigenvalue weighted by atomic mass is 32.2. The van der Waals surface area contributed by atoms with Crippen LogP contribution in [0, 0.1) is 13.8 Å². The van der Waals surface area contributed by atoms with Crippen molar-refractivity contribution in [3.05, 3.63) is 40.1 Å². The largest absolute Gasteiger partial charge is 0.445 e. The van der Waals surface area contributed by atoms with Crippen LogP contribution in [-0.4, -0.2) is 19.3 Å². The van der Waals surface area contributed by atoms with Gasteiger partial charge in [-0.15, -0.1) is 0 Å². The molecule has 0 aliphatic heterocycles. The van der Waals surface area contributed by atoms with Crippen molar-refractivity contribution in [3.8, 4) is 11.4 Å². The van der Waals surface area contributed by atoms with E-state index in [1.165, 1.54) is 0 Å². The van der Waals surface area contributed by atoms with Gasteiger partial charge in [-0.25, -0.2) is 4.98 Å². The minimum absolute atomic E-state index is 0.192. The first-order valence-corrected chi connectivity index (χ1v) is 8.68. The Labute approximate surface area is 127 Å². The van der Waals surface area contributed by atoms with Crippen LogP contribution in [0.5, 0.6) is 0 Å². The molecule has 0 bridgehead atoms. The molecule has 0 fully saturated rings. The normalized spacial score (nSPS) is 12.7. The molecular weight excluding hydrogens is 310 g/mol. The maximum atomic E-state index is 12.1. The second-order valence-electron chi connectivity index (χ2n) is 4.50. The molecule has 0 aliphatic carbocycles. The van der Waals surface area contributed by atoms with Gasteiger partial charge in [0.2, 0.25) is 17.6 Å². The fourth-order valence-corrected chi connectivity index (χ4v) is 3.28. The fraction of sp³-hybridized carbons (Fsp3) is 0.308. The summed E-state index contributed by atoms with van der Waals surface area (Å²) in [5, 5.41) is 7.76. The Morgan fingerprint density at radius 2 is 2.05 bits per heavy atom. The first-order chi connectivity index (χ1) is 10.1. The molecular formula is C13H13N3O3S2. The third kappa shape index (κ3) is 3.27. The molecule has 110 valence electrons. The summed E-state index contributed by atoms with van der Waals surface area (Å²) < 4.78 is 22.6. The zero-order valence-electron chi connectivity index (χ0n) is 11.5. The van der Waals surface area contributed by atoms with Gasteiger partial charge in [-0.3, -0.25) is 4.21 Å². The van der Waals surface area contributed by atoms with Crippen LogP contribution in [0.2, 0.25) is 0 Å². The number of rotatable bonds is 5. The number of hydrogen-bond donors (Lipinski definition) is 0. The van der Waals surface area contributed by atoms with E-state index >= 15 is 0 Å². The second-order valence-corrected chi connectivity index (χ2v) is 6.74. The molecule has 3 aromatic heterocycles. The van der Waals surface area contributed by atoms with E-state index in [4.69, 9.17) is 8.94 Å². The average Bonchev–Trinajstić information content (AvgIpc) is 3.12. The van der Waals surface area contributed by atoms with E-state index in [2.05, 4.69) is 15.1 Å².